The van der Waals surface area contributed by atoms with Crippen molar-refractivity contribution in [3.63, 3.8) is 0 Å². The highest BCUT2D eigenvalue weighted by atomic mass is 16.3. The summed E-state index contributed by atoms with van der Waals surface area (Å²) >= 11 is 0. The molecule has 0 radical (unpaired) electrons. The Balaban J connectivity index is 1.87. The second-order valence-electron chi connectivity index (χ2n) is 6.36. The summed E-state index contributed by atoms with van der Waals surface area (Å²) in [7, 11) is 0. The molecule has 2 rings (SSSR count). The first-order valence-electron chi connectivity index (χ1n) is 8.01. The summed E-state index contributed by atoms with van der Waals surface area (Å²) < 4.78 is 0. The van der Waals surface area contributed by atoms with Crippen molar-refractivity contribution in [1.82, 2.24) is 20.6 Å². The molecule has 2 amide bonds. The number of carbonyl (C=O) groups excluding carboxylic acids is 1. The smallest absolute Gasteiger partial charge is 0.315 e. The first-order valence-corrected chi connectivity index (χ1v) is 8.01. The van der Waals surface area contributed by atoms with Gasteiger partial charge >= 0.3 is 6.03 Å². The van der Waals surface area contributed by atoms with Crippen LogP contribution in [-0.2, 0) is 6.54 Å². The van der Waals surface area contributed by atoms with Crippen LogP contribution in [0.3, 0.4) is 0 Å². The third-order valence-electron chi connectivity index (χ3n) is 4.46. The number of aromatic amines is 1. The summed E-state index contributed by atoms with van der Waals surface area (Å²) in [6.07, 6.45) is 0.856. The van der Waals surface area contributed by atoms with Gasteiger partial charge in [-0.3, -0.25) is 0 Å². The maximum absolute atomic E-state index is 11.9. The summed E-state index contributed by atoms with van der Waals surface area (Å²) in [5, 5.41) is 15.7. The summed E-state index contributed by atoms with van der Waals surface area (Å²) in [5.74, 6) is 0.819. The van der Waals surface area contributed by atoms with E-state index in [0.29, 0.717) is 12.4 Å². The van der Waals surface area contributed by atoms with E-state index in [1.54, 1.807) is 6.92 Å². The second-order valence-corrected chi connectivity index (χ2v) is 6.36. The van der Waals surface area contributed by atoms with Crippen molar-refractivity contribution in [3.8, 4) is 0 Å². The molecule has 0 bridgehead atoms. The number of hydrogen-bond acceptors (Lipinski definition) is 3. The van der Waals surface area contributed by atoms with Gasteiger partial charge in [0.05, 0.1) is 23.2 Å². The van der Waals surface area contributed by atoms with E-state index in [1.807, 2.05) is 39.0 Å². The van der Waals surface area contributed by atoms with Gasteiger partial charge in [0.1, 0.15) is 5.82 Å². The number of aliphatic hydroxyl groups is 1. The van der Waals surface area contributed by atoms with Crippen molar-refractivity contribution in [2.45, 2.75) is 46.3 Å². The number of benzene rings is 1. The Labute approximate surface area is 136 Å². The fourth-order valence-electron chi connectivity index (χ4n) is 2.41. The van der Waals surface area contributed by atoms with Crippen LogP contribution >= 0.6 is 0 Å². The van der Waals surface area contributed by atoms with Gasteiger partial charge in [0, 0.05) is 6.54 Å². The number of aromatic nitrogens is 2. The van der Waals surface area contributed by atoms with Gasteiger partial charge in [-0.25, -0.2) is 9.78 Å². The highest BCUT2D eigenvalue weighted by Crippen LogP contribution is 2.18. The summed E-state index contributed by atoms with van der Waals surface area (Å²) in [6, 6.07) is 5.62. The highest BCUT2D eigenvalue weighted by molar-refractivity contribution is 5.78. The predicted molar refractivity (Wildman–Crippen MR) is 91.1 cm³/mol. The van der Waals surface area contributed by atoms with Crippen molar-refractivity contribution >= 4 is 17.1 Å². The molecule has 0 aliphatic heterocycles. The zero-order chi connectivity index (χ0) is 17.0. The number of carbonyl (C=O) groups is 1. The first kappa shape index (κ1) is 17.3. The molecule has 0 aliphatic rings. The third-order valence-corrected chi connectivity index (χ3v) is 4.46. The number of aryl methyl sites for hydroxylation is 1. The van der Waals surface area contributed by atoms with Gasteiger partial charge in [0.2, 0.25) is 0 Å². The molecule has 6 nitrogen and oxygen atoms in total. The van der Waals surface area contributed by atoms with Crippen molar-refractivity contribution in [3.05, 3.63) is 29.6 Å². The van der Waals surface area contributed by atoms with E-state index in [0.717, 1.165) is 23.0 Å². The quantitative estimate of drug-likeness (QED) is 0.659. The molecule has 4 N–H and O–H groups in total. The molecule has 1 aromatic carbocycles. The Morgan fingerprint density at radius 3 is 2.83 bits per heavy atom. The lowest BCUT2D eigenvalue weighted by Gasteiger charge is -2.29. The standard InChI is InChI=1S/C17H26N4O2/c1-5-12(3)17(4,23)10-19-16(22)18-9-14-20-13-8-6-7-11(2)15(13)21-14/h6-8,12,23H,5,9-10H2,1-4H3,(H,20,21)(H2,18,19,22). The first-order chi connectivity index (χ1) is 10.8. The SMILES string of the molecule is CCC(C)C(C)(O)CNC(=O)NCc1nc2c(C)cccc2[nH]1. The number of urea groups is 1. The molecule has 0 spiro atoms. The summed E-state index contributed by atoms with van der Waals surface area (Å²) in [6.45, 7) is 8.26. The molecule has 1 aromatic heterocycles. The minimum Gasteiger partial charge on any atom is -0.388 e. The Hall–Kier alpha value is -2.08. The van der Waals surface area contributed by atoms with E-state index < -0.39 is 5.60 Å². The molecule has 23 heavy (non-hydrogen) atoms. The number of amides is 2. The maximum atomic E-state index is 11.9. The van der Waals surface area contributed by atoms with Crippen LogP contribution in [0.2, 0.25) is 0 Å². The molecule has 0 saturated carbocycles. The van der Waals surface area contributed by atoms with Gasteiger partial charge in [-0.1, -0.05) is 32.4 Å². The average Bonchev–Trinajstić information content (AvgIpc) is 2.94. The fraction of sp³-hybridized carbons (Fsp3) is 0.529. The minimum atomic E-state index is -0.914. The molecule has 126 valence electrons. The number of imidazole rings is 1. The van der Waals surface area contributed by atoms with Crippen LogP contribution in [0.5, 0.6) is 0 Å². The lowest BCUT2D eigenvalue weighted by molar-refractivity contribution is 0.00790. The fourth-order valence-corrected chi connectivity index (χ4v) is 2.41. The molecular formula is C17H26N4O2. The molecule has 2 aromatic rings. The minimum absolute atomic E-state index is 0.112. The van der Waals surface area contributed by atoms with Crippen molar-refractivity contribution in [2.24, 2.45) is 5.92 Å². The number of nitrogens with zero attached hydrogens (tertiary/aromatic N) is 1. The largest absolute Gasteiger partial charge is 0.388 e. The molecule has 0 saturated heterocycles. The van der Waals surface area contributed by atoms with E-state index in [9.17, 15) is 9.90 Å². The number of H-pyrrole nitrogens is 1. The van der Waals surface area contributed by atoms with Crippen molar-refractivity contribution in [1.29, 1.82) is 0 Å². The van der Waals surface area contributed by atoms with E-state index in [4.69, 9.17) is 0 Å². The van der Waals surface area contributed by atoms with Gasteiger partial charge in [-0.05, 0) is 31.4 Å². The number of fused-ring (bicyclic) bond motifs is 1. The van der Waals surface area contributed by atoms with Gasteiger partial charge in [-0.2, -0.15) is 0 Å². The topological polar surface area (TPSA) is 90.0 Å². The molecular weight excluding hydrogens is 292 g/mol. The Bertz CT molecular complexity index is 678. The van der Waals surface area contributed by atoms with E-state index in [1.165, 1.54) is 0 Å². The van der Waals surface area contributed by atoms with Crippen molar-refractivity contribution < 1.29 is 9.90 Å². The van der Waals surface area contributed by atoms with Crippen LogP contribution in [0.25, 0.3) is 11.0 Å². The van der Waals surface area contributed by atoms with Gasteiger partial charge < -0.3 is 20.7 Å². The Morgan fingerprint density at radius 2 is 2.17 bits per heavy atom. The number of rotatable bonds is 6. The van der Waals surface area contributed by atoms with Crippen LogP contribution in [0.15, 0.2) is 18.2 Å². The van der Waals surface area contributed by atoms with Crippen LogP contribution in [-0.4, -0.2) is 33.3 Å². The zero-order valence-electron chi connectivity index (χ0n) is 14.2. The van der Waals surface area contributed by atoms with Gasteiger partial charge in [0.15, 0.2) is 0 Å². The maximum Gasteiger partial charge on any atom is 0.315 e. The molecule has 1 heterocycles. The molecule has 0 fully saturated rings. The molecule has 6 heteroatoms. The number of nitrogens with one attached hydrogen (secondary N) is 3. The monoisotopic (exact) mass is 318 g/mol. The molecule has 0 aliphatic carbocycles. The second kappa shape index (κ2) is 7.00. The van der Waals surface area contributed by atoms with Gasteiger partial charge in [0.25, 0.3) is 0 Å². The van der Waals surface area contributed by atoms with Crippen LogP contribution in [0.1, 0.15) is 38.6 Å². The van der Waals surface area contributed by atoms with Crippen LogP contribution in [0.4, 0.5) is 4.79 Å². The number of hydrogen-bond donors (Lipinski definition) is 4. The lowest BCUT2D eigenvalue weighted by Crippen LogP contribution is -2.47. The summed E-state index contributed by atoms with van der Waals surface area (Å²) in [4.78, 5) is 19.6. The van der Waals surface area contributed by atoms with Crippen molar-refractivity contribution in [2.75, 3.05) is 6.54 Å². The Kier molecular flexibility index (Phi) is 5.26. The zero-order valence-corrected chi connectivity index (χ0v) is 14.2. The summed E-state index contributed by atoms with van der Waals surface area (Å²) in [5.41, 5.74) is 2.06. The lowest BCUT2D eigenvalue weighted by atomic mass is 9.89. The average molecular weight is 318 g/mol. The normalized spacial score (nSPS) is 15.2. The van der Waals surface area contributed by atoms with Crippen LogP contribution in [0, 0.1) is 12.8 Å². The molecule has 2 atom stereocenters. The predicted octanol–water partition coefficient (Wildman–Crippen LogP) is 2.47. The number of para-hydroxylation sites is 1. The highest BCUT2D eigenvalue weighted by Gasteiger charge is 2.27. The van der Waals surface area contributed by atoms with Crippen LogP contribution < -0.4 is 10.6 Å². The van der Waals surface area contributed by atoms with Gasteiger partial charge in [-0.15, -0.1) is 0 Å². The van der Waals surface area contributed by atoms with E-state index in [-0.39, 0.29) is 18.5 Å². The molecule has 2 unspecified atom stereocenters. The Morgan fingerprint density at radius 1 is 1.43 bits per heavy atom. The van der Waals surface area contributed by atoms with E-state index in [2.05, 4.69) is 20.6 Å². The third kappa shape index (κ3) is 4.22. The van der Waals surface area contributed by atoms with E-state index >= 15 is 0 Å².